The number of rotatable bonds is 7. The van der Waals surface area contributed by atoms with E-state index in [1.165, 1.54) is 5.56 Å². The molecule has 160 valence electrons. The summed E-state index contributed by atoms with van der Waals surface area (Å²) >= 11 is 0. The number of likely N-dealkylation sites (tertiary alicyclic amines) is 1. The number of piperidine rings is 1. The molecule has 30 heavy (non-hydrogen) atoms. The fraction of sp³-hybridized carbons (Fsp3) is 0.417. The predicted molar refractivity (Wildman–Crippen MR) is 122 cm³/mol. The Morgan fingerprint density at radius 3 is 2.17 bits per heavy atom. The molecule has 2 N–H and O–H groups in total. The van der Waals surface area contributed by atoms with Gasteiger partial charge < -0.3 is 15.5 Å². The molecule has 6 heteroatoms. The Kier molecular flexibility index (Phi) is 7.85. The molecule has 0 unspecified atom stereocenters. The van der Waals surface area contributed by atoms with Crippen LogP contribution in [0.2, 0.25) is 0 Å². The van der Waals surface area contributed by atoms with E-state index in [-0.39, 0.29) is 6.04 Å². The maximum absolute atomic E-state index is 12.3. The lowest BCUT2D eigenvalue weighted by molar-refractivity contribution is -0.136. The maximum Gasteiger partial charge on any atom is 0.313 e. The van der Waals surface area contributed by atoms with E-state index in [1.807, 2.05) is 30.3 Å². The fourth-order valence-corrected chi connectivity index (χ4v) is 3.86. The smallest absolute Gasteiger partial charge is 0.313 e. The molecule has 2 aromatic rings. The van der Waals surface area contributed by atoms with Crippen molar-refractivity contribution in [3.05, 3.63) is 60.2 Å². The fourth-order valence-electron chi connectivity index (χ4n) is 3.86. The zero-order chi connectivity index (χ0) is 21.3. The van der Waals surface area contributed by atoms with Crippen LogP contribution >= 0.6 is 0 Å². The average molecular weight is 409 g/mol. The highest BCUT2D eigenvalue weighted by atomic mass is 16.2. The molecule has 0 spiro atoms. The van der Waals surface area contributed by atoms with Crippen molar-refractivity contribution in [1.82, 2.24) is 10.2 Å². The number of carbonyl (C=O) groups excluding carboxylic acids is 2. The standard InChI is InChI=1S/C24H32N4O2/c1-3-28(4-2)22-12-10-20(11-13-22)25-23(29)24(30)26-21-14-16-27(17-15-21)18-19-8-6-5-7-9-19/h5-13,21H,3-4,14-18H2,1-2H3,(H,25,29)(H,26,30). The Bertz CT molecular complexity index is 811. The summed E-state index contributed by atoms with van der Waals surface area (Å²) in [7, 11) is 0. The molecule has 1 heterocycles. The predicted octanol–water partition coefficient (Wildman–Crippen LogP) is 3.25. The summed E-state index contributed by atoms with van der Waals surface area (Å²) in [6, 6.07) is 18.0. The van der Waals surface area contributed by atoms with Gasteiger partial charge in [-0.3, -0.25) is 14.5 Å². The first-order valence-electron chi connectivity index (χ1n) is 10.8. The van der Waals surface area contributed by atoms with Gasteiger partial charge in [0.05, 0.1) is 0 Å². The summed E-state index contributed by atoms with van der Waals surface area (Å²) in [5.74, 6) is -1.18. The van der Waals surface area contributed by atoms with Gasteiger partial charge in [-0.15, -0.1) is 0 Å². The van der Waals surface area contributed by atoms with Gasteiger partial charge in [0.2, 0.25) is 0 Å². The van der Waals surface area contributed by atoms with Gasteiger partial charge in [-0.25, -0.2) is 0 Å². The zero-order valence-corrected chi connectivity index (χ0v) is 17.9. The van der Waals surface area contributed by atoms with Crippen LogP contribution in [-0.2, 0) is 16.1 Å². The Labute approximate surface area is 179 Å². The molecule has 3 rings (SSSR count). The van der Waals surface area contributed by atoms with Crippen molar-refractivity contribution in [2.24, 2.45) is 0 Å². The lowest BCUT2D eigenvalue weighted by atomic mass is 10.0. The van der Waals surface area contributed by atoms with Crippen molar-refractivity contribution in [2.75, 3.05) is 36.4 Å². The second-order valence-electron chi connectivity index (χ2n) is 7.68. The quantitative estimate of drug-likeness (QED) is 0.691. The van der Waals surface area contributed by atoms with Crippen LogP contribution in [0.1, 0.15) is 32.3 Å². The molecular formula is C24H32N4O2. The van der Waals surface area contributed by atoms with Crippen molar-refractivity contribution in [3.63, 3.8) is 0 Å². The molecule has 1 fully saturated rings. The molecule has 0 bridgehead atoms. The van der Waals surface area contributed by atoms with Crippen molar-refractivity contribution in [3.8, 4) is 0 Å². The molecule has 1 saturated heterocycles. The van der Waals surface area contributed by atoms with Crippen LogP contribution < -0.4 is 15.5 Å². The molecule has 2 amide bonds. The van der Waals surface area contributed by atoms with E-state index in [2.05, 4.69) is 58.5 Å². The summed E-state index contributed by atoms with van der Waals surface area (Å²) < 4.78 is 0. The van der Waals surface area contributed by atoms with Gasteiger partial charge in [0.1, 0.15) is 0 Å². The van der Waals surface area contributed by atoms with Crippen molar-refractivity contribution in [1.29, 1.82) is 0 Å². The molecular weight excluding hydrogens is 376 g/mol. The lowest BCUT2D eigenvalue weighted by Crippen LogP contribution is -2.47. The first-order valence-corrected chi connectivity index (χ1v) is 10.8. The zero-order valence-electron chi connectivity index (χ0n) is 17.9. The SMILES string of the molecule is CCN(CC)c1ccc(NC(=O)C(=O)NC2CCN(Cc3ccccc3)CC2)cc1. The number of nitrogens with zero attached hydrogens (tertiary/aromatic N) is 2. The lowest BCUT2D eigenvalue weighted by Gasteiger charge is -2.32. The Hall–Kier alpha value is -2.86. The largest absolute Gasteiger partial charge is 0.372 e. The van der Waals surface area contributed by atoms with Gasteiger partial charge in [0.15, 0.2) is 0 Å². The summed E-state index contributed by atoms with van der Waals surface area (Å²) in [6.45, 7) is 8.81. The van der Waals surface area contributed by atoms with E-state index >= 15 is 0 Å². The second-order valence-corrected chi connectivity index (χ2v) is 7.68. The van der Waals surface area contributed by atoms with E-state index in [9.17, 15) is 9.59 Å². The van der Waals surface area contributed by atoms with Crippen molar-refractivity contribution >= 4 is 23.2 Å². The number of carbonyl (C=O) groups is 2. The number of hydrogen-bond acceptors (Lipinski definition) is 4. The van der Waals surface area contributed by atoms with Crippen LogP contribution in [0.4, 0.5) is 11.4 Å². The summed E-state index contributed by atoms with van der Waals surface area (Å²) in [4.78, 5) is 29.2. The first-order chi connectivity index (χ1) is 14.6. The van der Waals surface area contributed by atoms with Crippen molar-refractivity contribution < 1.29 is 9.59 Å². The van der Waals surface area contributed by atoms with Gasteiger partial charge in [0, 0.05) is 50.1 Å². The van der Waals surface area contributed by atoms with Gasteiger partial charge in [0.25, 0.3) is 0 Å². The van der Waals surface area contributed by atoms with Crippen LogP contribution in [0.5, 0.6) is 0 Å². The minimum Gasteiger partial charge on any atom is -0.372 e. The summed E-state index contributed by atoms with van der Waals surface area (Å²) in [5, 5.41) is 5.58. The molecule has 1 aliphatic heterocycles. The third kappa shape index (κ3) is 6.07. The third-order valence-electron chi connectivity index (χ3n) is 5.63. The highest BCUT2D eigenvalue weighted by Crippen LogP contribution is 2.18. The monoisotopic (exact) mass is 408 g/mol. The van der Waals surface area contributed by atoms with Crippen LogP contribution in [0.3, 0.4) is 0 Å². The minimum atomic E-state index is -0.614. The van der Waals surface area contributed by atoms with Gasteiger partial charge in [-0.05, 0) is 56.5 Å². The number of benzene rings is 2. The maximum atomic E-state index is 12.3. The van der Waals surface area contributed by atoms with Crippen LogP contribution in [0.25, 0.3) is 0 Å². The van der Waals surface area contributed by atoms with E-state index < -0.39 is 11.8 Å². The first kappa shape index (κ1) is 21.8. The van der Waals surface area contributed by atoms with Crippen LogP contribution in [-0.4, -0.2) is 48.9 Å². The molecule has 0 aliphatic carbocycles. The number of nitrogens with one attached hydrogen (secondary N) is 2. The van der Waals surface area contributed by atoms with E-state index in [0.29, 0.717) is 5.69 Å². The molecule has 0 aromatic heterocycles. The number of amides is 2. The Balaban J connectivity index is 1.43. The molecule has 0 atom stereocenters. The average Bonchev–Trinajstić information content (AvgIpc) is 2.78. The molecule has 0 saturated carbocycles. The van der Waals surface area contributed by atoms with Gasteiger partial charge in [-0.1, -0.05) is 30.3 Å². The van der Waals surface area contributed by atoms with Crippen LogP contribution in [0.15, 0.2) is 54.6 Å². The topological polar surface area (TPSA) is 64.7 Å². The van der Waals surface area contributed by atoms with E-state index in [0.717, 1.165) is 51.3 Å². The Morgan fingerprint density at radius 1 is 0.933 bits per heavy atom. The second kappa shape index (κ2) is 10.8. The van der Waals surface area contributed by atoms with Gasteiger partial charge >= 0.3 is 11.8 Å². The van der Waals surface area contributed by atoms with Crippen LogP contribution in [0, 0.1) is 0 Å². The van der Waals surface area contributed by atoms with E-state index in [4.69, 9.17) is 0 Å². The minimum absolute atomic E-state index is 0.0420. The molecule has 1 aliphatic rings. The highest BCUT2D eigenvalue weighted by Gasteiger charge is 2.23. The van der Waals surface area contributed by atoms with Gasteiger partial charge in [-0.2, -0.15) is 0 Å². The normalized spacial score (nSPS) is 14.9. The number of hydrogen-bond donors (Lipinski definition) is 2. The van der Waals surface area contributed by atoms with Crippen molar-refractivity contribution in [2.45, 2.75) is 39.3 Å². The highest BCUT2D eigenvalue weighted by molar-refractivity contribution is 6.39. The number of anilines is 2. The third-order valence-corrected chi connectivity index (χ3v) is 5.63. The summed E-state index contributed by atoms with van der Waals surface area (Å²) in [6.07, 6.45) is 1.70. The molecule has 0 radical (unpaired) electrons. The van der Waals surface area contributed by atoms with E-state index in [1.54, 1.807) is 0 Å². The summed E-state index contributed by atoms with van der Waals surface area (Å²) in [5.41, 5.74) is 3.03. The Morgan fingerprint density at radius 2 is 1.57 bits per heavy atom. The molecule has 6 nitrogen and oxygen atoms in total. The molecule has 2 aromatic carbocycles.